The van der Waals surface area contributed by atoms with Crippen LogP contribution in [0.2, 0.25) is 0 Å². The fraction of sp³-hybridized carbons (Fsp3) is 0.571. The van der Waals surface area contributed by atoms with Crippen molar-refractivity contribution in [1.82, 2.24) is 10.2 Å². The largest absolute Gasteiger partial charge is 0.396 e. The third-order valence-electron chi connectivity index (χ3n) is 3.50. The zero-order chi connectivity index (χ0) is 13.7. The van der Waals surface area contributed by atoms with Crippen molar-refractivity contribution < 1.29 is 13.9 Å². The van der Waals surface area contributed by atoms with Crippen LogP contribution in [0.1, 0.15) is 24.4 Å². The van der Waals surface area contributed by atoms with E-state index < -0.39 is 11.6 Å². The molecule has 3 nitrogen and oxygen atoms in total. The first-order chi connectivity index (χ1) is 9.20. The predicted molar refractivity (Wildman–Crippen MR) is 69.9 cm³/mol. The molecule has 2 N–H and O–H groups in total. The second-order valence-electron chi connectivity index (χ2n) is 4.87. The van der Waals surface area contributed by atoms with Crippen LogP contribution in [0.3, 0.4) is 0 Å². The number of benzene rings is 1. The van der Waals surface area contributed by atoms with Gasteiger partial charge in [-0.3, -0.25) is 4.90 Å². The first-order valence-corrected chi connectivity index (χ1v) is 6.72. The van der Waals surface area contributed by atoms with Gasteiger partial charge in [-0.25, -0.2) is 8.78 Å². The van der Waals surface area contributed by atoms with Gasteiger partial charge >= 0.3 is 0 Å². The van der Waals surface area contributed by atoms with Crippen LogP contribution in [-0.2, 0) is 0 Å². The zero-order valence-electron chi connectivity index (χ0n) is 10.9. The van der Waals surface area contributed by atoms with E-state index in [1.54, 1.807) is 0 Å². The Morgan fingerprint density at radius 2 is 1.79 bits per heavy atom. The highest BCUT2D eigenvalue weighted by Crippen LogP contribution is 2.27. The monoisotopic (exact) mass is 270 g/mol. The summed E-state index contributed by atoms with van der Waals surface area (Å²) in [7, 11) is 0. The molecule has 2 rings (SSSR count). The van der Waals surface area contributed by atoms with Gasteiger partial charge in [0.25, 0.3) is 0 Å². The zero-order valence-corrected chi connectivity index (χ0v) is 10.9. The predicted octanol–water partition coefficient (Wildman–Crippen LogP) is 1.68. The summed E-state index contributed by atoms with van der Waals surface area (Å²) < 4.78 is 26.7. The third-order valence-corrected chi connectivity index (χ3v) is 3.50. The topological polar surface area (TPSA) is 35.5 Å². The van der Waals surface area contributed by atoms with E-state index in [2.05, 4.69) is 10.2 Å². The molecule has 0 bridgehead atoms. The van der Waals surface area contributed by atoms with Gasteiger partial charge in [0.2, 0.25) is 0 Å². The maximum atomic E-state index is 13.4. The van der Waals surface area contributed by atoms with Crippen LogP contribution in [0.5, 0.6) is 0 Å². The maximum Gasteiger partial charge on any atom is 0.126 e. The van der Waals surface area contributed by atoms with E-state index in [1.807, 2.05) is 0 Å². The van der Waals surface area contributed by atoms with Gasteiger partial charge in [0.15, 0.2) is 0 Å². The molecule has 0 aliphatic carbocycles. The summed E-state index contributed by atoms with van der Waals surface area (Å²) in [5, 5.41) is 12.3. The second kappa shape index (κ2) is 6.93. The summed E-state index contributed by atoms with van der Waals surface area (Å²) in [5.74, 6) is -1.08. The van der Waals surface area contributed by atoms with Crippen LogP contribution in [0.15, 0.2) is 18.2 Å². The molecule has 0 radical (unpaired) electrons. The number of hydrogen-bond donors (Lipinski definition) is 2. The Bertz CT molecular complexity index is 388. The minimum Gasteiger partial charge on any atom is -0.396 e. The van der Waals surface area contributed by atoms with Crippen LogP contribution in [0.25, 0.3) is 0 Å². The van der Waals surface area contributed by atoms with Crippen LogP contribution < -0.4 is 5.32 Å². The molecule has 1 aliphatic heterocycles. The van der Waals surface area contributed by atoms with Crippen molar-refractivity contribution in [2.24, 2.45) is 0 Å². The van der Waals surface area contributed by atoms with Gasteiger partial charge in [-0.1, -0.05) is 0 Å². The number of halogens is 2. The van der Waals surface area contributed by atoms with Crippen molar-refractivity contribution in [3.05, 3.63) is 35.4 Å². The molecule has 1 aromatic rings. The summed E-state index contributed by atoms with van der Waals surface area (Å²) in [5.41, 5.74) is 0.660. The summed E-state index contributed by atoms with van der Waals surface area (Å²) in [6.07, 6.45) is 1.34. The Morgan fingerprint density at radius 3 is 2.37 bits per heavy atom. The molecule has 1 aromatic carbocycles. The molecule has 106 valence electrons. The molecule has 0 unspecified atom stereocenters. The van der Waals surface area contributed by atoms with Gasteiger partial charge in [0, 0.05) is 44.9 Å². The van der Waals surface area contributed by atoms with Crippen molar-refractivity contribution in [2.45, 2.75) is 18.9 Å². The Balaban J connectivity index is 2.19. The number of rotatable bonds is 5. The maximum absolute atomic E-state index is 13.4. The van der Waals surface area contributed by atoms with Crippen molar-refractivity contribution in [3.63, 3.8) is 0 Å². The Labute approximate surface area is 112 Å². The SMILES string of the molecule is OCCC[C@H](c1cc(F)cc(F)c1)N1CCNCC1. The lowest BCUT2D eigenvalue weighted by Crippen LogP contribution is -2.45. The lowest BCUT2D eigenvalue weighted by molar-refractivity contribution is 0.154. The van der Waals surface area contributed by atoms with Gasteiger partial charge in [0.1, 0.15) is 11.6 Å². The summed E-state index contributed by atoms with van der Waals surface area (Å²) in [6, 6.07) is 3.66. The minimum absolute atomic E-state index is 0.0283. The van der Waals surface area contributed by atoms with E-state index >= 15 is 0 Å². The molecule has 1 heterocycles. The first-order valence-electron chi connectivity index (χ1n) is 6.72. The molecule has 1 saturated heterocycles. The van der Waals surface area contributed by atoms with E-state index in [0.717, 1.165) is 32.2 Å². The van der Waals surface area contributed by atoms with Crippen molar-refractivity contribution >= 4 is 0 Å². The Hall–Kier alpha value is -1.04. The lowest BCUT2D eigenvalue weighted by atomic mass is 9.99. The normalized spacial score (nSPS) is 18.5. The fourth-order valence-corrected chi connectivity index (χ4v) is 2.61. The number of aliphatic hydroxyl groups excluding tert-OH is 1. The average molecular weight is 270 g/mol. The second-order valence-corrected chi connectivity index (χ2v) is 4.87. The lowest BCUT2D eigenvalue weighted by Gasteiger charge is -2.35. The van der Waals surface area contributed by atoms with E-state index in [1.165, 1.54) is 12.1 Å². The van der Waals surface area contributed by atoms with E-state index in [9.17, 15) is 8.78 Å². The molecular weight excluding hydrogens is 250 g/mol. The number of nitrogens with zero attached hydrogens (tertiary/aromatic N) is 1. The highest BCUT2D eigenvalue weighted by atomic mass is 19.1. The highest BCUT2D eigenvalue weighted by Gasteiger charge is 2.22. The molecule has 19 heavy (non-hydrogen) atoms. The fourth-order valence-electron chi connectivity index (χ4n) is 2.61. The third kappa shape index (κ3) is 3.96. The smallest absolute Gasteiger partial charge is 0.126 e. The summed E-state index contributed by atoms with van der Waals surface area (Å²) in [6.45, 7) is 3.57. The number of nitrogens with one attached hydrogen (secondary N) is 1. The van der Waals surface area contributed by atoms with Gasteiger partial charge < -0.3 is 10.4 Å². The summed E-state index contributed by atoms with van der Waals surface area (Å²) in [4.78, 5) is 2.22. The average Bonchev–Trinajstić information content (AvgIpc) is 2.39. The van der Waals surface area contributed by atoms with Gasteiger partial charge in [0.05, 0.1) is 0 Å². The number of piperazine rings is 1. The number of hydrogen-bond acceptors (Lipinski definition) is 3. The molecule has 1 atom stereocenters. The number of aliphatic hydroxyl groups is 1. The molecule has 0 aromatic heterocycles. The molecule has 1 fully saturated rings. The Kier molecular flexibility index (Phi) is 5.24. The van der Waals surface area contributed by atoms with Crippen molar-refractivity contribution in [3.8, 4) is 0 Å². The standard InChI is InChI=1S/C14H20F2N2O/c15-12-8-11(9-13(16)10-12)14(2-1-7-19)18-5-3-17-4-6-18/h8-10,14,17,19H,1-7H2/t14-/m1/s1. The molecule has 1 aliphatic rings. The van der Waals surface area contributed by atoms with Crippen molar-refractivity contribution in [1.29, 1.82) is 0 Å². The first kappa shape index (κ1) is 14.4. The van der Waals surface area contributed by atoms with Gasteiger partial charge in [-0.05, 0) is 30.5 Å². The quantitative estimate of drug-likeness (QED) is 0.854. The highest BCUT2D eigenvalue weighted by molar-refractivity contribution is 5.21. The van der Waals surface area contributed by atoms with Gasteiger partial charge in [-0.15, -0.1) is 0 Å². The van der Waals surface area contributed by atoms with Crippen LogP contribution in [-0.4, -0.2) is 42.8 Å². The van der Waals surface area contributed by atoms with E-state index in [0.29, 0.717) is 18.4 Å². The molecule has 5 heteroatoms. The molecule has 0 amide bonds. The van der Waals surface area contributed by atoms with Crippen molar-refractivity contribution in [2.75, 3.05) is 32.8 Å². The van der Waals surface area contributed by atoms with Crippen LogP contribution in [0, 0.1) is 11.6 Å². The van der Waals surface area contributed by atoms with Crippen LogP contribution in [0.4, 0.5) is 8.78 Å². The molecule has 0 saturated carbocycles. The van der Waals surface area contributed by atoms with Crippen LogP contribution >= 0.6 is 0 Å². The Morgan fingerprint density at radius 1 is 1.16 bits per heavy atom. The summed E-state index contributed by atoms with van der Waals surface area (Å²) >= 11 is 0. The minimum atomic E-state index is -0.542. The van der Waals surface area contributed by atoms with Gasteiger partial charge in [-0.2, -0.15) is 0 Å². The molecule has 0 spiro atoms. The van der Waals surface area contributed by atoms with E-state index in [4.69, 9.17) is 5.11 Å². The molecular formula is C14H20F2N2O. The van der Waals surface area contributed by atoms with E-state index in [-0.39, 0.29) is 12.6 Å².